The third kappa shape index (κ3) is 4.53. The van der Waals surface area contributed by atoms with Gasteiger partial charge in [-0.15, -0.1) is 0 Å². The van der Waals surface area contributed by atoms with Gasteiger partial charge in [-0.3, -0.25) is 4.79 Å². The summed E-state index contributed by atoms with van der Waals surface area (Å²) in [4.78, 5) is 12.1. The molecule has 28 heavy (non-hydrogen) atoms. The summed E-state index contributed by atoms with van der Waals surface area (Å²) in [6.45, 7) is 1.23. The molecule has 0 saturated carbocycles. The Bertz CT molecular complexity index is 959. The van der Waals surface area contributed by atoms with Crippen molar-refractivity contribution in [1.82, 2.24) is 13.9 Å². The molecule has 1 atom stereocenters. The molecule has 0 bridgehead atoms. The molecule has 0 aromatic heterocycles. The maximum absolute atomic E-state index is 14.2. The van der Waals surface area contributed by atoms with Gasteiger partial charge in [-0.05, 0) is 43.9 Å². The summed E-state index contributed by atoms with van der Waals surface area (Å²) in [5.41, 5.74) is 0.0238. The summed E-state index contributed by atoms with van der Waals surface area (Å²) >= 11 is 0. The smallest absolute Gasteiger partial charge is 0.251 e. The highest BCUT2D eigenvalue weighted by Gasteiger charge is 2.31. The minimum Gasteiger partial charge on any atom is -0.348 e. The zero-order chi connectivity index (χ0) is 20.5. The van der Waals surface area contributed by atoms with Crippen LogP contribution >= 0.6 is 0 Å². The van der Waals surface area contributed by atoms with E-state index >= 15 is 0 Å². The number of piperidine rings is 1. The fourth-order valence-electron chi connectivity index (χ4n) is 3.54. The molecule has 0 aliphatic carbocycles. The molecule has 2 aliphatic heterocycles. The van der Waals surface area contributed by atoms with Crippen LogP contribution in [0.25, 0.3) is 0 Å². The topological polar surface area (TPSA) is 104 Å². The van der Waals surface area contributed by atoms with Crippen molar-refractivity contribution in [3.05, 3.63) is 29.6 Å². The van der Waals surface area contributed by atoms with E-state index in [-0.39, 0.29) is 18.2 Å². The first-order valence-electron chi connectivity index (χ1n) is 9.15. The van der Waals surface area contributed by atoms with Crippen LogP contribution in [0.4, 0.5) is 4.39 Å². The third-order valence-electron chi connectivity index (χ3n) is 5.06. The fraction of sp³-hybridized carbons (Fsp3) is 0.588. The Hall–Kier alpha value is -1.56. The van der Waals surface area contributed by atoms with Gasteiger partial charge in [0.15, 0.2) is 0 Å². The van der Waals surface area contributed by atoms with Gasteiger partial charge in [0.1, 0.15) is 10.7 Å². The Morgan fingerprint density at radius 2 is 1.71 bits per heavy atom. The SMILES string of the molecule is CS(=O)(=O)N1CCCC(NC(=O)c2ccc(F)c(S(=O)(=O)N3CCCC3)c2)C1. The lowest BCUT2D eigenvalue weighted by Crippen LogP contribution is -2.49. The van der Waals surface area contributed by atoms with Crippen LogP contribution in [0.15, 0.2) is 23.1 Å². The molecule has 11 heteroatoms. The first kappa shape index (κ1) is 21.2. The van der Waals surface area contributed by atoms with Crippen molar-refractivity contribution < 1.29 is 26.0 Å². The van der Waals surface area contributed by atoms with E-state index in [1.807, 2.05) is 0 Å². The molecular formula is C17H24FN3O5S2. The van der Waals surface area contributed by atoms with Gasteiger partial charge in [0, 0.05) is 37.8 Å². The average Bonchev–Trinajstić information content (AvgIpc) is 3.17. The number of carbonyl (C=O) groups is 1. The molecule has 0 spiro atoms. The minimum absolute atomic E-state index is 0.0238. The number of rotatable bonds is 5. The van der Waals surface area contributed by atoms with Crippen LogP contribution < -0.4 is 5.32 Å². The quantitative estimate of drug-likeness (QED) is 0.739. The molecule has 2 aliphatic rings. The summed E-state index contributed by atoms with van der Waals surface area (Å²) in [7, 11) is -7.35. The molecule has 8 nitrogen and oxygen atoms in total. The minimum atomic E-state index is -4.00. The number of amides is 1. The number of nitrogens with one attached hydrogen (secondary N) is 1. The highest BCUT2D eigenvalue weighted by atomic mass is 32.2. The lowest BCUT2D eigenvalue weighted by Gasteiger charge is -2.31. The molecule has 2 fully saturated rings. The van der Waals surface area contributed by atoms with Crippen molar-refractivity contribution in [3.8, 4) is 0 Å². The normalized spacial score (nSPS) is 22.3. The molecular weight excluding hydrogens is 409 g/mol. The second-order valence-corrected chi connectivity index (χ2v) is 11.1. The van der Waals surface area contributed by atoms with Gasteiger partial charge in [-0.25, -0.2) is 25.5 Å². The predicted molar refractivity (Wildman–Crippen MR) is 101 cm³/mol. The van der Waals surface area contributed by atoms with E-state index < -0.39 is 36.7 Å². The number of nitrogens with zero attached hydrogens (tertiary/aromatic N) is 2. The highest BCUT2D eigenvalue weighted by molar-refractivity contribution is 7.89. The van der Waals surface area contributed by atoms with Crippen molar-refractivity contribution in [2.45, 2.75) is 36.6 Å². The Kier molecular flexibility index (Phi) is 6.08. The van der Waals surface area contributed by atoms with E-state index in [1.165, 1.54) is 14.7 Å². The van der Waals surface area contributed by atoms with Crippen LogP contribution in [0.3, 0.4) is 0 Å². The van der Waals surface area contributed by atoms with Crippen molar-refractivity contribution >= 4 is 26.0 Å². The monoisotopic (exact) mass is 433 g/mol. The summed E-state index contributed by atoms with van der Waals surface area (Å²) in [5.74, 6) is -1.46. The van der Waals surface area contributed by atoms with Crippen molar-refractivity contribution in [1.29, 1.82) is 0 Å². The van der Waals surface area contributed by atoms with E-state index in [1.54, 1.807) is 0 Å². The number of carbonyl (C=O) groups excluding carboxylic acids is 1. The highest BCUT2D eigenvalue weighted by Crippen LogP contribution is 2.24. The van der Waals surface area contributed by atoms with E-state index in [0.29, 0.717) is 32.5 Å². The Morgan fingerprint density at radius 1 is 1.07 bits per heavy atom. The number of hydrogen-bond acceptors (Lipinski definition) is 5. The van der Waals surface area contributed by atoms with Gasteiger partial charge in [0.2, 0.25) is 20.0 Å². The van der Waals surface area contributed by atoms with Crippen LogP contribution in [-0.4, -0.2) is 69.8 Å². The Labute approximate surface area is 164 Å². The molecule has 1 amide bonds. The number of sulfonamides is 2. The standard InChI is InChI=1S/C17H24FN3O5S2/c1-27(23,24)21-10-4-5-14(12-21)19-17(22)13-6-7-15(18)16(11-13)28(25,26)20-8-2-3-9-20/h6-7,11,14H,2-5,8-10,12H2,1H3,(H,19,22). The average molecular weight is 434 g/mol. The Balaban J connectivity index is 1.78. The van der Waals surface area contributed by atoms with E-state index in [2.05, 4.69) is 5.32 Å². The lowest BCUT2D eigenvalue weighted by molar-refractivity contribution is 0.0921. The molecule has 156 valence electrons. The summed E-state index contributed by atoms with van der Waals surface area (Å²) < 4.78 is 65.5. The Morgan fingerprint density at radius 3 is 2.36 bits per heavy atom. The number of halogens is 1. The largest absolute Gasteiger partial charge is 0.348 e. The van der Waals surface area contributed by atoms with Crippen molar-refractivity contribution in [3.63, 3.8) is 0 Å². The zero-order valence-electron chi connectivity index (χ0n) is 15.6. The molecule has 3 rings (SSSR count). The van der Waals surface area contributed by atoms with Gasteiger partial charge in [-0.1, -0.05) is 0 Å². The summed E-state index contributed by atoms with van der Waals surface area (Å²) in [5, 5.41) is 2.73. The first-order valence-corrected chi connectivity index (χ1v) is 12.4. The maximum Gasteiger partial charge on any atom is 0.251 e. The molecule has 1 aromatic rings. The number of hydrogen-bond donors (Lipinski definition) is 1. The van der Waals surface area contributed by atoms with Crippen LogP contribution in [0.2, 0.25) is 0 Å². The van der Waals surface area contributed by atoms with Gasteiger partial charge in [-0.2, -0.15) is 4.31 Å². The number of benzene rings is 1. The fourth-order valence-corrected chi connectivity index (χ4v) is 6.06. The summed E-state index contributed by atoms with van der Waals surface area (Å²) in [6.07, 6.45) is 3.78. The van der Waals surface area contributed by atoms with Gasteiger partial charge in [0.05, 0.1) is 6.26 Å². The van der Waals surface area contributed by atoms with Crippen molar-refractivity contribution in [2.24, 2.45) is 0 Å². The molecule has 1 aromatic carbocycles. The van der Waals surface area contributed by atoms with E-state index in [4.69, 9.17) is 0 Å². The van der Waals surface area contributed by atoms with E-state index in [0.717, 1.165) is 31.2 Å². The van der Waals surface area contributed by atoms with Crippen LogP contribution in [0.1, 0.15) is 36.0 Å². The lowest BCUT2D eigenvalue weighted by atomic mass is 10.1. The van der Waals surface area contributed by atoms with Crippen molar-refractivity contribution in [2.75, 3.05) is 32.4 Å². The predicted octanol–water partition coefficient (Wildman–Crippen LogP) is 0.764. The van der Waals surface area contributed by atoms with Gasteiger partial charge >= 0.3 is 0 Å². The molecule has 2 saturated heterocycles. The van der Waals surface area contributed by atoms with Gasteiger partial charge in [0.25, 0.3) is 5.91 Å². The van der Waals surface area contributed by atoms with E-state index in [9.17, 15) is 26.0 Å². The second-order valence-electron chi connectivity index (χ2n) is 7.19. The van der Waals surface area contributed by atoms with Crippen LogP contribution in [0.5, 0.6) is 0 Å². The van der Waals surface area contributed by atoms with Crippen LogP contribution in [0, 0.1) is 5.82 Å². The maximum atomic E-state index is 14.2. The molecule has 2 heterocycles. The molecule has 1 N–H and O–H groups in total. The molecule has 0 radical (unpaired) electrons. The zero-order valence-corrected chi connectivity index (χ0v) is 17.2. The second kappa shape index (κ2) is 8.05. The molecule has 1 unspecified atom stereocenters. The summed E-state index contributed by atoms with van der Waals surface area (Å²) in [6, 6.07) is 2.86. The van der Waals surface area contributed by atoms with Gasteiger partial charge < -0.3 is 5.32 Å². The van der Waals surface area contributed by atoms with Crippen LogP contribution in [-0.2, 0) is 20.0 Å². The third-order valence-corrected chi connectivity index (χ3v) is 8.25. The first-order chi connectivity index (χ1) is 13.1.